The van der Waals surface area contributed by atoms with Gasteiger partial charge in [0, 0.05) is 22.8 Å². The van der Waals surface area contributed by atoms with Crippen LogP contribution in [0.15, 0.2) is 59.1 Å². The van der Waals surface area contributed by atoms with Gasteiger partial charge in [-0.2, -0.15) is 5.26 Å². The van der Waals surface area contributed by atoms with E-state index in [1.54, 1.807) is 31.2 Å². The number of nitrogens with one attached hydrogen (secondary N) is 1. The number of aliphatic hydroxyl groups is 1. The Hall–Kier alpha value is -3.43. The Morgan fingerprint density at radius 3 is 2.69 bits per heavy atom. The minimum Gasteiger partial charge on any atom is -0.392 e. The van der Waals surface area contributed by atoms with Gasteiger partial charge in [0.25, 0.3) is 5.91 Å². The van der Waals surface area contributed by atoms with E-state index in [0.29, 0.717) is 17.0 Å². The van der Waals surface area contributed by atoms with E-state index >= 15 is 0 Å². The predicted octanol–water partition coefficient (Wildman–Crippen LogP) is 3.14. The lowest BCUT2D eigenvalue weighted by atomic mass is 10.1. The standard InChI is InChI=1S/C20H17N3O3/c1-13(11-21)22-20(25)17-4-2-3-16(9-17)18-10-19(26-23-18)15-7-5-14(12-24)6-8-15/h2-10,13,24H,12H2,1H3,(H,22,25). The maximum absolute atomic E-state index is 12.2. The molecule has 2 aromatic carbocycles. The maximum Gasteiger partial charge on any atom is 0.252 e. The third kappa shape index (κ3) is 3.79. The van der Waals surface area contributed by atoms with Crippen molar-refractivity contribution in [3.8, 4) is 28.7 Å². The fourth-order valence-corrected chi connectivity index (χ4v) is 2.45. The Bertz CT molecular complexity index is 955. The Morgan fingerprint density at radius 1 is 1.23 bits per heavy atom. The molecule has 130 valence electrons. The van der Waals surface area contributed by atoms with Crippen LogP contribution in [-0.4, -0.2) is 22.2 Å². The molecule has 0 radical (unpaired) electrons. The van der Waals surface area contributed by atoms with Crippen LogP contribution in [-0.2, 0) is 6.61 Å². The van der Waals surface area contributed by atoms with Gasteiger partial charge in [0.2, 0.25) is 0 Å². The summed E-state index contributed by atoms with van der Waals surface area (Å²) in [5.74, 6) is 0.279. The molecule has 0 bridgehead atoms. The zero-order chi connectivity index (χ0) is 18.5. The highest BCUT2D eigenvalue weighted by Crippen LogP contribution is 2.26. The van der Waals surface area contributed by atoms with E-state index in [-0.39, 0.29) is 12.5 Å². The van der Waals surface area contributed by atoms with Crippen LogP contribution in [0.5, 0.6) is 0 Å². The minimum atomic E-state index is -0.563. The molecule has 1 aromatic heterocycles. The van der Waals surface area contributed by atoms with E-state index in [0.717, 1.165) is 16.7 Å². The molecule has 26 heavy (non-hydrogen) atoms. The second kappa shape index (κ2) is 7.64. The fourth-order valence-electron chi connectivity index (χ4n) is 2.45. The lowest BCUT2D eigenvalue weighted by Gasteiger charge is -2.07. The van der Waals surface area contributed by atoms with E-state index in [1.165, 1.54) is 0 Å². The molecule has 3 aromatic rings. The van der Waals surface area contributed by atoms with E-state index in [4.69, 9.17) is 14.9 Å². The summed E-state index contributed by atoms with van der Waals surface area (Å²) < 4.78 is 5.40. The van der Waals surface area contributed by atoms with Gasteiger partial charge in [-0.15, -0.1) is 0 Å². The third-order valence-electron chi connectivity index (χ3n) is 3.89. The molecule has 0 aliphatic heterocycles. The molecular weight excluding hydrogens is 330 g/mol. The normalized spacial score (nSPS) is 11.6. The zero-order valence-corrected chi connectivity index (χ0v) is 14.1. The summed E-state index contributed by atoms with van der Waals surface area (Å²) in [5, 5.41) is 24.6. The lowest BCUT2D eigenvalue weighted by molar-refractivity contribution is 0.0948. The largest absolute Gasteiger partial charge is 0.392 e. The van der Waals surface area contributed by atoms with Crippen molar-refractivity contribution in [3.05, 3.63) is 65.7 Å². The number of rotatable bonds is 5. The van der Waals surface area contributed by atoms with Gasteiger partial charge >= 0.3 is 0 Å². The molecule has 1 amide bonds. The highest BCUT2D eigenvalue weighted by atomic mass is 16.5. The first kappa shape index (κ1) is 17.4. The van der Waals surface area contributed by atoms with Crippen LogP contribution in [0.3, 0.4) is 0 Å². The molecule has 0 saturated carbocycles. The predicted molar refractivity (Wildman–Crippen MR) is 95.8 cm³/mol. The van der Waals surface area contributed by atoms with Crippen LogP contribution < -0.4 is 5.32 Å². The number of nitriles is 1. The van der Waals surface area contributed by atoms with Gasteiger partial charge in [-0.3, -0.25) is 4.79 Å². The average Bonchev–Trinajstić information content (AvgIpc) is 3.18. The topological polar surface area (TPSA) is 99.2 Å². The van der Waals surface area contributed by atoms with Crippen LogP contribution in [0.2, 0.25) is 0 Å². The Morgan fingerprint density at radius 2 is 2.00 bits per heavy atom. The summed E-state index contributed by atoms with van der Waals surface area (Å²) in [5.41, 5.74) is 3.45. The van der Waals surface area contributed by atoms with Crippen molar-refractivity contribution in [1.29, 1.82) is 5.26 Å². The third-order valence-corrected chi connectivity index (χ3v) is 3.89. The molecule has 0 fully saturated rings. The van der Waals surface area contributed by atoms with Crippen LogP contribution in [0.1, 0.15) is 22.8 Å². The molecule has 0 saturated heterocycles. The van der Waals surface area contributed by atoms with Gasteiger partial charge in [-0.1, -0.05) is 41.6 Å². The van der Waals surface area contributed by atoms with Crippen LogP contribution >= 0.6 is 0 Å². The Balaban J connectivity index is 1.84. The van der Waals surface area contributed by atoms with Gasteiger partial charge in [0.05, 0.1) is 12.7 Å². The molecule has 3 rings (SSSR count). The first-order valence-electron chi connectivity index (χ1n) is 8.08. The second-order valence-corrected chi connectivity index (χ2v) is 5.84. The van der Waals surface area contributed by atoms with Crippen molar-refractivity contribution >= 4 is 5.91 Å². The summed E-state index contributed by atoms with van der Waals surface area (Å²) in [6.07, 6.45) is 0. The number of carbonyl (C=O) groups excluding carboxylic acids is 1. The zero-order valence-electron chi connectivity index (χ0n) is 14.1. The van der Waals surface area contributed by atoms with E-state index in [1.807, 2.05) is 36.4 Å². The van der Waals surface area contributed by atoms with Crippen molar-refractivity contribution in [2.24, 2.45) is 0 Å². The molecule has 6 heteroatoms. The Labute approximate surface area is 150 Å². The number of aliphatic hydroxyl groups excluding tert-OH is 1. The summed E-state index contributed by atoms with van der Waals surface area (Å²) in [6.45, 7) is 1.61. The average molecular weight is 347 g/mol. The molecule has 1 heterocycles. The van der Waals surface area contributed by atoms with Crippen molar-refractivity contribution in [2.75, 3.05) is 0 Å². The summed E-state index contributed by atoms with van der Waals surface area (Å²) >= 11 is 0. The lowest BCUT2D eigenvalue weighted by Crippen LogP contribution is -2.31. The molecule has 2 N–H and O–H groups in total. The van der Waals surface area contributed by atoms with Crippen LogP contribution in [0.25, 0.3) is 22.6 Å². The number of benzene rings is 2. The second-order valence-electron chi connectivity index (χ2n) is 5.84. The van der Waals surface area contributed by atoms with Gasteiger partial charge in [-0.25, -0.2) is 0 Å². The summed E-state index contributed by atoms with van der Waals surface area (Å²) in [7, 11) is 0. The highest BCUT2D eigenvalue weighted by molar-refractivity contribution is 5.95. The van der Waals surface area contributed by atoms with Crippen molar-refractivity contribution in [2.45, 2.75) is 19.6 Å². The monoisotopic (exact) mass is 347 g/mol. The van der Waals surface area contributed by atoms with E-state index in [2.05, 4.69) is 10.5 Å². The number of carbonyl (C=O) groups is 1. The first-order chi connectivity index (χ1) is 12.6. The smallest absolute Gasteiger partial charge is 0.252 e. The number of hydrogen-bond acceptors (Lipinski definition) is 5. The Kier molecular flexibility index (Phi) is 5.11. The summed E-state index contributed by atoms with van der Waals surface area (Å²) in [4.78, 5) is 12.2. The molecule has 0 aliphatic carbocycles. The van der Waals surface area contributed by atoms with Gasteiger partial charge in [0.15, 0.2) is 5.76 Å². The quantitative estimate of drug-likeness (QED) is 0.739. The first-order valence-corrected chi connectivity index (χ1v) is 8.08. The molecule has 6 nitrogen and oxygen atoms in total. The molecular formula is C20H17N3O3. The highest BCUT2D eigenvalue weighted by Gasteiger charge is 2.13. The minimum absolute atomic E-state index is 0.0127. The fraction of sp³-hybridized carbons (Fsp3) is 0.150. The van der Waals surface area contributed by atoms with Crippen molar-refractivity contribution < 1.29 is 14.4 Å². The summed E-state index contributed by atoms with van der Waals surface area (Å²) in [6, 6.07) is 17.5. The molecule has 1 atom stereocenters. The van der Waals surface area contributed by atoms with Gasteiger partial charge in [0.1, 0.15) is 11.7 Å². The van der Waals surface area contributed by atoms with Gasteiger partial charge < -0.3 is 14.9 Å². The molecule has 0 spiro atoms. The van der Waals surface area contributed by atoms with E-state index in [9.17, 15) is 4.79 Å². The SMILES string of the molecule is CC(C#N)NC(=O)c1cccc(-c2cc(-c3ccc(CO)cc3)on2)c1. The van der Waals surface area contributed by atoms with Gasteiger partial charge in [-0.05, 0) is 24.6 Å². The molecule has 1 unspecified atom stereocenters. The van der Waals surface area contributed by atoms with E-state index < -0.39 is 6.04 Å². The van der Waals surface area contributed by atoms with Crippen LogP contribution in [0.4, 0.5) is 0 Å². The maximum atomic E-state index is 12.2. The van der Waals surface area contributed by atoms with Crippen molar-refractivity contribution in [1.82, 2.24) is 10.5 Å². The van der Waals surface area contributed by atoms with Crippen molar-refractivity contribution in [3.63, 3.8) is 0 Å². The number of amides is 1. The molecule has 0 aliphatic rings. The van der Waals surface area contributed by atoms with Crippen LogP contribution in [0, 0.1) is 11.3 Å². The number of aromatic nitrogens is 1. The number of hydrogen-bond donors (Lipinski definition) is 2. The number of nitrogens with zero attached hydrogens (tertiary/aromatic N) is 2.